The molecule has 0 aromatic heterocycles. The van der Waals surface area contributed by atoms with Gasteiger partial charge in [0, 0.05) is 24.2 Å². The van der Waals surface area contributed by atoms with Crippen LogP contribution in [0.4, 0.5) is 8.78 Å². The van der Waals surface area contributed by atoms with Crippen molar-refractivity contribution in [1.29, 1.82) is 0 Å². The van der Waals surface area contributed by atoms with Gasteiger partial charge in [-0.3, -0.25) is 4.90 Å². The number of halogens is 2. The molecule has 1 aliphatic carbocycles. The van der Waals surface area contributed by atoms with Gasteiger partial charge >= 0.3 is 0 Å². The number of likely N-dealkylation sites (tertiary alicyclic amines) is 1. The SMILES string of the molecule is CN1CCCC(CNC2CC2)C1c1cc(F)ccc1F. The molecular formula is C16H22F2N2. The van der Waals surface area contributed by atoms with Crippen molar-refractivity contribution >= 4 is 0 Å². The summed E-state index contributed by atoms with van der Waals surface area (Å²) in [4.78, 5) is 2.17. The molecule has 110 valence electrons. The Morgan fingerprint density at radius 3 is 2.80 bits per heavy atom. The van der Waals surface area contributed by atoms with Crippen LogP contribution >= 0.6 is 0 Å². The molecule has 1 aromatic carbocycles. The minimum atomic E-state index is -0.353. The van der Waals surface area contributed by atoms with E-state index < -0.39 is 0 Å². The Labute approximate surface area is 119 Å². The molecule has 4 heteroatoms. The Morgan fingerprint density at radius 1 is 1.25 bits per heavy atom. The van der Waals surface area contributed by atoms with Gasteiger partial charge < -0.3 is 5.32 Å². The van der Waals surface area contributed by atoms with E-state index in [0.29, 0.717) is 17.5 Å². The zero-order chi connectivity index (χ0) is 14.1. The van der Waals surface area contributed by atoms with Crippen LogP contribution in [0, 0.1) is 17.6 Å². The summed E-state index contributed by atoms with van der Waals surface area (Å²) in [6, 6.07) is 4.44. The van der Waals surface area contributed by atoms with Crippen molar-refractivity contribution in [1.82, 2.24) is 10.2 Å². The van der Waals surface area contributed by atoms with Crippen LogP contribution in [0.2, 0.25) is 0 Å². The van der Waals surface area contributed by atoms with Gasteiger partial charge in [-0.05, 0) is 63.4 Å². The van der Waals surface area contributed by atoms with E-state index in [1.165, 1.54) is 31.0 Å². The van der Waals surface area contributed by atoms with Gasteiger partial charge in [-0.15, -0.1) is 0 Å². The fraction of sp³-hybridized carbons (Fsp3) is 0.625. The third kappa shape index (κ3) is 3.01. The average Bonchev–Trinajstić information content (AvgIpc) is 3.24. The second-order valence-corrected chi connectivity index (χ2v) is 6.18. The predicted molar refractivity (Wildman–Crippen MR) is 75.5 cm³/mol. The summed E-state index contributed by atoms with van der Waals surface area (Å²) in [6.07, 6.45) is 4.70. The Morgan fingerprint density at radius 2 is 2.05 bits per heavy atom. The van der Waals surface area contributed by atoms with E-state index in [0.717, 1.165) is 25.9 Å². The first-order valence-electron chi connectivity index (χ1n) is 7.53. The topological polar surface area (TPSA) is 15.3 Å². The van der Waals surface area contributed by atoms with E-state index in [1.807, 2.05) is 7.05 Å². The Bertz CT molecular complexity index is 474. The Kier molecular flexibility index (Phi) is 4.03. The van der Waals surface area contributed by atoms with Gasteiger partial charge in [-0.25, -0.2) is 8.78 Å². The second-order valence-electron chi connectivity index (χ2n) is 6.18. The molecule has 0 spiro atoms. The van der Waals surface area contributed by atoms with Gasteiger partial charge in [0.15, 0.2) is 0 Å². The average molecular weight is 280 g/mol. The monoisotopic (exact) mass is 280 g/mol. The number of hydrogen-bond donors (Lipinski definition) is 1. The second kappa shape index (κ2) is 5.78. The van der Waals surface area contributed by atoms with Crippen molar-refractivity contribution in [2.45, 2.75) is 37.8 Å². The molecule has 0 bridgehead atoms. The summed E-state index contributed by atoms with van der Waals surface area (Å²) in [7, 11) is 2.01. The summed E-state index contributed by atoms with van der Waals surface area (Å²) >= 11 is 0. The maximum Gasteiger partial charge on any atom is 0.128 e. The van der Waals surface area contributed by atoms with Crippen molar-refractivity contribution < 1.29 is 8.78 Å². The fourth-order valence-corrected chi connectivity index (χ4v) is 3.31. The molecule has 2 atom stereocenters. The van der Waals surface area contributed by atoms with Gasteiger partial charge in [0.25, 0.3) is 0 Å². The third-order valence-electron chi connectivity index (χ3n) is 4.53. The molecule has 3 rings (SSSR count). The molecule has 1 N–H and O–H groups in total. The zero-order valence-corrected chi connectivity index (χ0v) is 11.9. The van der Waals surface area contributed by atoms with E-state index in [9.17, 15) is 8.78 Å². The lowest BCUT2D eigenvalue weighted by Gasteiger charge is -2.40. The van der Waals surface area contributed by atoms with Crippen LogP contribution < -0.4 is 5.32 Å². The lowest BCUT2D eigenvalue weighted by molar-refractivity contribution is 0.116. The maximum atomic E-state index is 14.1. The van der Waals surface area contributed by atoms with Crippen LogP contribution in [0.3, 0.4) is 0 Å². The highest BCUT2D eigenvalue weighted by Crippen LogP contribution is 2.36. The smallest absolute Gasteiger partial charge is 0.128 e. The van der Waals surface area contributed by atoms with Crippen LogP contribution in [0.15, 0.2) is 18.2 Å². The zero-order valence-electron chi connectivity index (χ0n) is 11.9. The molecule has 2 fully saturated rings. The lowest BCUT2D eigenvalue weighted by Crippen LogP contribution is -2.41. The highest BCUT2D eigenvalue weighted by Gasteiger charge is 2.33. The molecular weight excluding hydrogens is 258 g/mol. The van der Waals surface area contributed by atoms with Crippen molar-refractivity contribution in [3.63, 3.8) is 0 Å². The van der Waals surface area contributed by atoms with E-state index in [4.69, 9.17) is 0 Å². The highest BCUT2D eigenvalue weighted by molar-refractivity contribution is 5.24. The number of hydrogen-bond acceptors (Lipinski definition) is 2. The number of nitrogens with one attached hydrogen (secondary N) is 1. The molecule has 2 nitrogen and oxygen atoms in total. The highest BCUT2D eigenvalue weighted by atomic mass is 19.1. The van der Waals surface area contributed by atoms with Crippen molar-refractivity contribution in [3.8, 4) is 0 Å². The van der Waals surface area contributed by atoms with E-state index in [-0.39, 0.29) is 17.7 Å². The molecule has 1 saturated heterocycles. The van der Waals surface area contributed by atoms with Crippen molar-refractivity contribution in [2.75, 3.05) is 20.1 Å². The van der Waals surface area contributed by atoms with Crippen LogP contribution in [-0.2, 0) is 0 Å². The minimum Gasteiger partial charge on any atom is -0.314 e. The largest absolute Gasteiger partial charge is 0.314 e. The Hall–Kier alpha value is -1.00. The van der Waals surface area contributed by atoms with Crippen LogP contribution in [0.5, 0.6) is 0 Å². The van der Waals surface area contributed by atoms with Crippen LogP contribution in [0.25, 0.3) is 0 Å². The maximum absolute atomic E-state index is 14.1. The number of rotatable bonds is 4. The molecule has 1 heterocycles. The van der Waals surface area contributed by atoms with E-state index in [2.05, 4.69) is 10.2 Å². The number of piperidine rings is 1. The molecule has 2 aliphatic rings. The first-order valence-corrected chi connectivity index (χ1v) is 7.53. The molecule has 0 radical (unpaired) electrons. The Balaban J connectivity index is 1.82. The van der Waals surface area contributed by atoms with Crippen molar-refractivity contribution in [3.05, 3.63) is 35.4 Å². The standard InChI is InChI=1S/C16H22F2N2/c1-20-8-2-3-11(10-19-13-5-6-13)16(20)14-9-12(17)4-7-15(14)18/h4,7,9,11,13,16,19H,2-3,5-6,8,10H2,1H3. The first kappa shape index (κ1) is 14.0. The van der Waals surface area contributed by atoms with E-state index in [1.54, 1.807) is 0 Å². The van der Waals surface area contributed by atoms with Crippen LogP contribution in [-0.4, -0.2) is 31.1 Å². The van der Waals surface area contributed by atoms with E-state index >= 15 is 0 Å². The van der Waals surface area contributed by atoms with Crippen molar-refractivity contribution in [2.24, 2.45) is 5.92 Å². The summed E-state index contributed by atoms with van der Waals surface area (Å²) in [5.41, 5.74) is 0.509. The quantitative estimate of drug-likeness (QED) is 0.911. The molecule has 2 unspecified atom stereocenters. The third-order valence-corrected chi connectivity index (χ3v) is 4.53. The molecule has 20 heavy (non-hydrogen) atoms. The summed E-state index contributed by atoms with van der Waals surface area (Å²) in [5, 5.41) is 3.54. The van der Waals surface area contributed by atoms with Gasteiger partial charge in [0.1, 0.15) is 11.6 Å². The summed E-state index contributed by atoms with van der Waals surface area (Å²) in [6.45, 7) is 1.84. The predicted octanol–water partition coefficient (Wildman–Crippen LogP) is 3.10. The number of nitrogens with zero attached hydrogens (tertiary/aromatic N) is 1. The minimum absolute atomic E-state index is 0.0225. The number of benzene rings is 1. The van der Waals surface area contributed by atoms with Gasteiger partial charge in [0.2, 0.25) is 0 Å². The fourth-order valence-electron chi connectivity index (χ4n) is 3.31. The summed E-state index contributed by atoms with van der Waals surface area (Å²) < 4.78 is 27.6. The first-order chi connectivity index (χ1) is 9.65. The summed E-state index contributed by atoms with van der Waals surface area (Å²) in [5.74, 6) is -0.290. The normalized spacial score (nSPS) is 27.8. The van der Waals surface area contributed by atoms with Gasteiger partial charge in [0.05, 0.1) is 0 Å². The van der Waals surface area contributed by atoms with Crippen LogP contribution in [0.1, 0.15) is 37.3 Å². The lowest BCUT2D eigenvalue weighted by atomic mass is 9.84. The molecule has 1 saturated carbocycles. The van der Waals surface area contributed by atoms with Gasteiger partial charge in [-0.2, -0.15) is 0 Å². The van der Waals surface area contributed by atoms with Gasteiger partial charge in [-0.1, -0.05) is 0 Å². The molecule has 0 amide bonds. The molecule has 1 aromatic rings. The molecule has 1 aliphatic heterocycles.